The van der Waals surface area contributed by atoms with Crippen LogP contribution in [0.25, 0.3) is 0 Å². The number of rotatable bonds is 7. The van der Waals surface area contributed by atoms with Crippen molar-refractivity contribution in [2.24, 2.45) is 17.3 Å². The summed E-state index contributed by atoms with van der Waals surface area (Å²) in [5, 5.41) is 19.7. The monoisotopic (exact) mass is 549 g/mol. The first kappa shape index (κ1) is 28.7. The second-order valence-corrected chi connectivity index (χ2v) is 13.1. The zero-order valence-corrected chi connectivity index (χ0v) is 23.3. The summed E-state index contributed by atoms with van der Waals surface area (Å²) < 4.78 is 27.1. The van der Waals surface area contributed by atoms with E-state index in [4.69, 9.17) is 11.6 Å². The Bertz CT molecular complexity index is 1150. The number of carbonyl (C=O) groups is 2. The second-order valence-electron chi connectivity index (χ2n) is 12.6. The SMILES string of the molecule is CC(/C=C\C=C(\Cl)CF)[C@H]1[C@H](C(=O)NC2CC(C)(O)C2)N[C@H](CC(C)(C)C)[C@]12C(=O)Nc1cc(F)ccc12. The van der Waals surface area contributed by atoms with E-state index >= 15 is 0 Å². The summed E-state index contributed by atoms with van der Waals surface area (Å²) in [5.41, 5.74) is -1.07. The van der Waals surface area contributed by atoms with Crippen molar-refractivity contribution >= 4 is 29.1 Å². The molecule has 4 rings (SSSR count). The van der Waals surface area contributed by atoms with Gasteiger partial charge < -0.3 is 21.1 Å². The highest BCUT2D eigenvalue weighted by Gasteiger charge is 2.66. The number of halogens is 3. The molecule has 38 heavy (non-hydrogen) atoms. The lowest BCUT2D eigenvalue weighted by Gasteiger charge is -2.42. The summed E-state index contributed by atoms with van der Waals surface area (Å²) in [6, 6.07) is 3.00. The Morgan fingerprint density at radius 1 is 1.34 bits per heavy atom. The van der Waals surface area contributed by atoms with Crippen molar-refractivity contribution in [2.75, 3.05) is 12.0 Å². The normalized spacial score (nSPS) is 33.8. The first-order valence-corrected chi connectivity index (χ1v) is 13.5. The maximum absolute atomic E-state index is 14.2. The van der Waals surface area contributed by atoms with Crippen molar-refractivity contribution in [2.45, 2.75) is 83.0 Å². The molecule has 0 radical (unpaired) electrons. The van der Waals surface area contributed by atoms with Gasteiger partial charge in [0.2, 0.25) is 11.8 Å². The number of hydrogen-bond acceptors (Lipinski definition) is 4. The quantitative estimate of drug-likeness (QED) is 0.370. The summed E-state index contributed by atoms with van der Waals surface area (Å²) >= 11 is 5.85. The van der Waals surface area contributed by atoms with Crippen LogP contribution in [0.1, 0.15) is 59.4 Å². The smallest absolute Gasteiger partial charge is 0.237 e. The number of hydrogen-bond donors (Lipinski definition) is 4. The molecule has 0 bridgehead atoms. The van der Waals surface area contributed by atoms with E-state index in [1.54, 1.807) is 19.1 Å². The van der Waals surface area contributed by atoms with E-state index in [1.165, 1.54) is 18.2 Å². The zero-order valence-electron chi connectivity index (χ0n) is 22.6. The second kappa shape index (κ2) is 10.4. The van der Waals surface area contributed by atoms with Crippen LogP contribution in [-0.2, 0) is 15.0 Å². The van der Waals surface area contributed by atoms with Crippen LogP contribution in [0.2, 0.25) is 0 Å². The van der Waals surface area contributed by atoms with Gasteiger partial charge in [-0.3, -0.25) is 9.59 Å². The summed E-state index contributed by atoms with van der Waals surface area (Å²) in [6.45, 7) is 9.10. The Morgan fingerprint density at radius 3 is 2.63 bits per heavy atom. The predicted octanol–water partition coefficient (Wildman–Crippen LogP) is 4.72. The molecule has 2 fully saturated rings. The molecule has 2 heterocycles. The van der Waals surface area contributed by atoms with Crippen molar-refractivity contribution < 1.29 is 23.5 Å². The summed E-state index contributed by atoms with van der Waals surface area (Å²) in [4.78, 5) is 27.8. The van der Waals surface area contributed by atoms with Gasteiger partial charge >= 0.3 is 0 Å². The Morgan fingerprint density at radius 2 is 2.03 bits per heavy atom. The fraction of sp³-hybridized carbons (Fsp3) is 0.586. The topological polar surface area (TPSA) is 90.5 Å². The van der Waals surface area contributed by atoms with E-state index in [2.05, 4.69) is 36.7 Å². The Hall–Kier alpha value is -2.29. The average molecular weight is 550 g/mol. The lowest BCUT2D eigenvalue weighted by Crippen LogP contribution is -2.58. The van der Waals surface area contributed by atoms with Crippen LogP contribution in [0.3, 0.4) is 0 Å². The van der Waals surface area contributed by atoms with Gasteiger partial charge in [-0.15, -0.1) is 0 Å². The molecule has 5 atom stereocenters. The Labute approximate surface area is 228 Å². The van der Waals surface area contributed by atoms with Crippen molar-refractivity contribution in [3.05, 3.63) is 52.8 Å². The Balaban J connectivity index is 1.81. The highest BCUT2D eigenvalue weighted by molar-refractivity contribution is 6.29. The number of nitrogens with one attached hydrogen (secondary N) is 3. The molecule has 1 aromatic carbocycles. The van der Waals surface area contributed by atoms with Gasteiger partial charge in [-0.05, 0) is 61.3 Å². The van der Waals surface area contributed by atoms with Gasteiger partial charge in [0.25, 0.3) is 0 Å². The molecule has 1 aromatic rings. The van der Waals surface area contributed by atoms with Crippen LogP contribution in [-0.4, -0.2) is 47.3 Å². The molecule has 1 saturated carbocycles. The molecule has 1 saturated heterocycles. The van der Waals surface area contributed by atoms with Gasteiger partial charge in [-0.1, -0.05) is 57.5 Å². The van der Waals surface area contributed by atoms with Gasteiger partial charge in [0.05, 0.1) is 17.1 Å². The van der Waals surface area contributed by atoms with Crippen LogP contribution in [0.5, 0.6) is 0 Å². The molecule has 1 spiro atoms. The number of anilines is 1. The molecule has 2 amide bonds. The third-order valence-electron chi connectivity index (χ3n) is 8.07. The Kier molecular flexibility index (Phi) is 7.83. The summed E-state index contributed by atoms with van der Waals surface area (Å²) in [5.74, 6) is -1.84. The van der Waals surface area contributed by atoms with Crippen LogP contribution >= 0.6 is 11.6 Å². The maximum atomic E-state index is 14.2. The number of fused-ring (bicyclic) bond motifs is 2. The minimum Gasteiger partial charge on any atom is -0.390 e. The van der Waals surface area contributed by atoms with E-state index in [0.717, 1.165) is 0 Å². The molecule has 2 aliphatic heterocycles. The first-order valence-electron chi connectivity index (χ1n) is 13.2. The van der Waals surface area contributed by atoms with Gasteiger partial charge in [0.1, 0.15) is 12.5 Å². The molecule has 4 N–H and O–H groups in total. The largest absolute Gasteiger partial charge is 0.390 e. The van der Waals surface area contributed by atoms with Gasteiger partial charge in [-0.2, -0.15) is 0 Å². The van der Waals surface area contributed by atoms with E-state index in [0.29, 0.717) is 30.5 Å². The van der Waals surface area contributed by atoms with Crippen molar-refractivity contribution in [1.29, 1.82) is 0 Å². The molecule has 6 nitrogen and oxygen atoms in total. The van der Waals surface area contributed by atoms with E-state index < -0.39 is 41.5 Å². The highest BCUT2D eigenvalue weighted by atomic mass is 35.5. The number of alkyl halides is 1. The number of allylic oxidation sites excluding steroid dienone is 4. The molecule has 0 aromatic heterocycles. The molecule has 1 aliphatic carbocycles. The number of amides is 2. The number of aliphatic hydroxyl groups is 1. The van der Waals surface area contributed by atoms with Crippen LogP contribution in [0.15, 0.2) is 41.5 Å². The minimum atomic E-state index is -1.15. The number of carbonyl (C=O) groups excluding carboxylic acids is 2. The molecular formula is C29H38ClF2N3O3. The third-order valence-corrected chi connectivity index (χ3v) is 8.30. The van der Waals surface area contributed by atoms with Crippen LogP contribution in [0, 0.1) is 23.1 Å². The van der Waals surface area contributed by atoms with Crippen LogP contribution in [0.4, 0.5) is 14.5 Å². The summed E-state index contributed by atoms with van der Waals surface area (Å²) in [6.07, 6.45) is 6.43. The molecule has 3 aliphatic rings. The van der Waals surface area contributed by atoms with E-state index in [9.17, 15) is 23.5 Å². The van der Waals surface area contributed by atoms with Crippen molar-refractivity contribution in [3.8, 4) is 0 Å². The molecule has 9 heteroatoms. The lowest BCUT2D eigenvalue weighted by atomic mass is 9.61. The van der Waals surface area contributed by atoms with E-state index in [-0.39, 0.29) is 34.2 Å². The number of benzene rings is 1. The minimum absolute atomic E-state index is 0.0454. The fourth-order valence-electron chi connectivity index (χ4n) is 6.64. The highest BCUT2D eigenvalue weighted by Crippen LogP contribution is 2.55. The average Bonchev–Trinajstić information content (AvgIpc) is 3.26. The predicted molar refractivity (Wildman–Crippen MR) is 145 cm³/mol. The summed E-state index contributed by atoms with van der Waals surface area (Å²) in [7, 11) is 0. The maximum Gasteiger partial charge on any atom is 0.237 e. The van der Waals surface area contributed by atoms with Crippen LogP contribution < -0.4 is 16.0 Å². The standard InChI is InChI=1S/C29H38ClF2N3O3/c1-16(7-6-8-17(30)15-31)23-24(25(36)33-19-12-28(5,38)13-19)35-22(14-27(2,3)4)29(23)20-10-9-18(32)11-21(20)34-26(29)37/h6-11,16,19,22-24,35,38H,12-15H2,1-5H3,(H,33,36)(H,34,37)/b7-6-,17-8+/t16?,19?,22-,23+,24-,28?,29+/m1/s1. The third kappa shape index (κ3) is 5.40. The van der Waals surface area contributed by atoms with Gasteiger partial charge in [0.15, 0.2) is 0 Å². The fourth-order valence-corrected chi connectivity index (χ4v) is 6.71. The first-order chi connectivity index (χ1) is 17.7. The van der Waals surface area contributed by atoms with E-state index in [1.807, 2.05) is 13.0 Å². The molecular weight excluding hydrogens is 512 g/mol. The van der Waals surface area contributed by atoms with Crippen molar-refractivity contribution in [1.82, 2.24) is 10.6 Å². The van der Waals surface area contributed by atoms with Crippen molar-refractivity contribution in [3.63, 3.8) is 0 Å². The van der Waals surface area contributed by atoms with Gasteiger partial charge in [0, 0.05) is 28.7 Å². The molecule has 208 valence electrons. The zero-order chi connectivity index (χ0) is 28.0. The molecule has 1 unspecified atom stereocenters. The lowest BCUT2D eigenvalue weighted by molar-refractivity contribution is -0.128. The van der Waals surface area contributed by atoms with Gasteiger partial charge in [-0.25, -0.2) is 8.78 Å².